The predicted octanol–water partition coefficient (Wildman–Crippen LogP) is 4.45. The molecule has 1 N–H and O–H groups in total. The summed E-state index contributed by atoms with van der Waals surface area (Å²) in [5.74, 6) is -0.468. The van der Waals surface area contributed by atoms with Gasteiger partial charge in [-0.2, -0.15) is 5.10 Å². The highest BCUT2D eigenvalue weighted by molar-refractivity contribution is 9.10. The SMILES string of the molecule is CC(=O)Oc1ccc(/C=N\NC(=O)c2ccc(Cl)cc2Cl)cc1Br. The van der Waals surface area contributed by atoms with E-state index in [2.05, 4.69) is 26.5 Å². The maximum Gasteiger partial charge on any atom is 0.308 e. The van der Waals surface area contributed by atoms with Gasteiger partial charge in [-0.25, -0.2) is 5.43 Å². The molecule has 24 heavy (non-hydrogen) atoms. The minimum absolute atomic E-state index is 0.240. The summed E-state index contributed by atoms with van der Waals surface area (Å²) in [6.45, 7) is 1.32. The topological polar surface area (TPSA) is 67.8 Å². The summed E-state index contributed by atoms with van der Waals surface area (Å²) in [7, 11) is 0. The monoisotopic (exact) mass is 428 g/mol. The molecule has 1 amide bonds. The van der Waals surface area contributed by atoms with Gasteiger partial charge >= 0.3 is 5.97 Å². The number of halogens is 3. The lowest BCUT2D eigenvalue weighted by molar-refractivity contribution is -0.131. The third-order valence-electron chi connectivity index (χ3n) is 2.77. The van der Waals surface area contributed by atoms with Gasteiger partial charge in [-0.15, -0.1) is 0 Å². The van der Waals surface area contributed by atoms with Gasteiger partial charge in [-0.3, -0.25) is 9.59 Å². The Hall–Kier alpha value is -1.89. The van der Waals surface area contributed by atoms with Crippen LogP contribution in [0, 0.1) is 0 Å². The molecule has 0 fully saturated rings. The lowest BCUT2D eigenvalue weighted by atomic mass is 10.2. The highest BCUT2D eigenvalue weighted by atomic mass is 79.9. The summed E-state index contributed by atoms with van der Waals surface area (Å²) in [6.07, 6.45) is 1.45. The number of ether oxygens (including phenoxy) is 1. The third-order valence-corrected chi connectivity index (χ3v) is 3.93. The Labute approximate surface area is 156 Å². The first-order valence-corrected chi connectivity index (χ1v) is 8.18. The summed E-state index contributed by atoms with van der Waals surface area (Å²) in [6, 6.07) is 9.56. The average molecular weight is 430 g/mol. The van der Waals surface area contributed by atoms with Crippen molar-refractivity contribution >= 4 is 57.2 Å². The van der Waals surface area contributed by atoms with Gasteiger partial charge < -0.3 is 4.74 Å². The molecule has 0 spiro atoms. The van der Waals surface area contributed by atoms with Crippen LogP contribution in [0.15, 0.2) is 46.0 Å². The van der Waals surface area contributed by atoms with Crippen molar-refractivity contribution in [1.29, 1.82) is 0 Å². The molecule has 0 atom stereocenters. The van der Waals surface area contributed by atoms with Crippen molar-refractivity contribution in [2.24, 2.45) is 5.10 Å². The molecule has 0 aliphatic rings. The summed E-state index contributed by atoms with van der Waals surface area (Å²) < 4.78 is 5.59. The molecule has 2 aromatic rings. The van der Waals surface area contributed by atoms with Crippen LogP contribution >= 0.6 is 39.1 Å². The maximum atomic E-state index is 12.0. The quantitative estimate of drug-likeness (QED) is 0.338. The van der Waals surface area contributed by atoms with Crippen molar-refractivity contribution < 1.29 is 14.3 Å². The molecule has 0 aliphatic heterocycles. The fourth-order valence-corrected chi connectivity index (χ4v) is 2.71. The van der Waals surface area contributed by atoms with Gasteiger partial charge in [0.1, 0.15) is 5.75 Å². The molecule has 0 saturated heterocycles. The molecular weight excluding hydrogens is 419 g/mol. The number of rotatable bonds is 4. The second-order valence-electron chi connectivity index (χ2n) is 4.61. The number of nitrogens with one attached hydrogen (secondary N) is 1. The van der Waals surface area contributed by atoms with E-state index in [-0.39, 0.29) is 10.6 Å². The molecule has 2 aromatic carbocycles. The van der Waals surface area contributed by atoms with E-state index in [1.807, 2.05) is 0 Å². The Morgan fingerprint density at radius 1 is 1.21 bits per heavy atom. The van der Waals surface area contributed by atoms with Gasteiger partial charge in [0.2, 0.25) is 0 Å². The van der Waals surface area contributed by atoms with E-state index in [9.17, 15) is 9.59 Å². The second kappa shape index (κ2) is 8.28. The van der Waals surface area contributed by atoms with E-state index in [4.69, 9.17) is 27.9 Å². The van der Waals surface area contributed by atoms with Gasteiger partial charge in [0.15, 0.2) is 0 Å². The minimum atomic E-state index is -0.455. The minimum Gasteiger partial charge on any atom is -0.426 e. The Kier molecular flexibility index (Phi) is 6.36. The molecular formula is C16H11BrCl2N2O3. The van der Waals surface area contributed by atoms with Crippen LogP contribution in [0.5, 0.6) is 5.75 Å². The summed E-state index contributed by atoms with van der Waals surface area (Å²) >= 11 is 15.0. The standard InChI is InChI=1S/C16H11BrCl2N2O3/c1-9(22)24-15-5-2-10(6-13(15)17)8-20-21-16(23)12-4-3-11(18)7-14(12)19/h2-8H,1H3,(H,21,23)/b20-8-. The van der Waals surface area contributed by atoms with E-state index in [1.165, 1.54) is 25.3 Å². The fourth-order valence-electron chi connectivity index (χ4n) is 1.73. The van der Waals surface area contributed by atoms with E-state index in [0.717, 1.165) is 0 Å². The zero-order chi connectivity index (χ0) is 17.7. The van der Waals surface area contributed by atoms with Gasteiger partial charge in [0.05, 0.1) is 21.3 Å². The smallest absolute Gasteiger partial charge is 0.308 e. The van der Waals surface area contributed by atoms with Crippen LogP contribution in [0.25, 0.3) is 0 Å². The molecule has 0 unspecified atom stereocenters. The van der Waals surface area contributed by atoms with Crippen LogP contribution in [0.3, 0.4) is 0 Å². The molecule has 8 heteroatoms. The van der Waals surface area contributed by atoms with Crippen molar-refractivity contribution in [3.05, 3.63) is 62.0 Å². The highest BCUT2D eigenvalue weighted by Gasteiger charge is 2.09. The molecule has 0 saturated carbocycles. The largest absolute Gasteiger partial charge is 0.426 e. The average Bonchev–Trinajstić information content (AvgIpc) is 2.49. The van der Waals surface area contributed by atoms with Crippen molar-refractivity contribution in [2.75, 3.05) is 0 Å². The summed E-state index contributed by atoms with van der Waals surface area (Å²) in [4.78, 5) is 22.9. The fraction of sp³-hybridized carbons (Fsp3) is 0.0625. The Balaban J connectivity index is 2.04. The molecule has 5 nitrogen and oxygen atoms in total. The highest BCUT2D eigenvalue weighted by Crippen LogP contribution is 2.25. The number of carbonyl (C=O) groups excluding carboxylic acids is 2. The molecule has 0 aromatic heterocycles. The van der Waals surface area contributed by atoms with Crippen molar-refractivity contribution in [3.63, 3.8) is 0 Å². The molecule has 0 radical (unpaired) electrons. The van der Waals surface area contributed by atoms with Gasteiger partial charge in [-0.05, 0) is 57.9 Å². The molecule has 2 rings (SSSR count). The zero-order valence-corrected chi connectivity index (χ0v) is 15.4. The first kappa shape index (κ1) is 18.4. The predicted molar refractivity (Wildman–Crippen MR) is 97.0 cm³/mol. The number of amides is 1. The van der Waals surface area contributed by atoms with Crippen molar-refractivity contribution in [1.82, 2.24) is 5.43 Å². The number of hydrazone groups is 1. The Morgan fingerprint density at radius 3 is 2.58 bits per heavy atom. The maximum absolute atomic E-state index is 12.0. The molecule has 0 bridgehead atoms. The zero-order valence-electron chi connectivity index (χ0n) is 12.3. The number of carbonyl (C=O) groups is 2. The number of hydrogen-bond donors (Lipinski definition) is 1. The first-order chi connectivity index (χ1) is 11.4. The van der Waals surface area contributed by atoms with E-state index in [1.54, 1.807) is 24.3 Å². The lowest BCUT2D eigenvalue weighted by Gasteiger charge is -2.05. The van der Waals surface area contributed by atoms with Crippen molar-refractivity contribution in [3.8, 4) is 5.75 Å². The molecule has 0 heterocycles. The van der Waals surface area contributed by atoms with Crippen molar-refractivity contribution in [2.45, 2.75) is 6.92 Å². The summed E-state index contributed by atoms with van der Waals surface area (Å²) in [5.41, 5.74) is 3.34. The first-order valence-electron chi connectivity index (χ1n) is 6.63. The third kappa shape index (κ3) is 5.06. The normalized spacial score (nSPS) is 10.7. The Bertz CT molecular complexity index is 825. The summed E-state index contributed by atoms with van der Waals surface area (Å²) in [5, 5.41) is 4.55. The van der Waals surface area contributed by atoms with E-state index >= 15 is 0 Å². The van der Waals surface area contributed by atoms with Crippen LogP contribution in [-0.2, 0) is 4.79 Å². The molecule has 124 valence electrons. The van der Waals surface area contributed by atoms with Gasteiger partial charge in [0.25, 0.3) is 5.91 Å². The van der Waals surface area contributed by atoms with Crippen LogP contribution in [0.4, 0.5) is 0 Å². The van der Waals surface area contributed by atoms with Crippen LogP contribution < -0.4 is 10.2 Å². The number of nitrogens with zero attached hydrogens (tertiary/aromatic N) is 1. The van der Waals surface area contributed by atoms with Gasteiger partial charge in [0, 0.05) is 11.9 Å². The Morgan fingerprint density at radius 2 is 1.96 bits per heavy atom. The van der Waals surface area contributed by atoms with E-state index in [0.29, 0.717) is 20.8 Å². The molecule has 0 aliphatic carbocycles. The number of benzene rings is 2. The lowest BCUT2D eigenvalue weighted by Crippen LogP contribution is -2.18. The number of esters is 1. The number of hydrogen-bond acceptors (Lipinski definition) is 4. The van der Waals surface area contributed by atoms with E-state index < -0.39 is 11.9 Å². The van der Waals surface area contributed by atoms with Crippen LogP contribution in [0.1, 0.15) is 22.8 Å². The van der Waals surface area contributed by atoms with Crippen LogP contribution in [-0.4, -0.2) is 18.1 Å². The second-order valence-corrected chi connectivity index (χ2v) is 6.30. The van der Waals surface area contributed by atoms with Gasteiger partial charge in [-0.1, -0.05) is 23.2 Å². The van der Waals surface area contributed by atoms with Crippen LogP contribution in [0.2, 0.25) is 10.0 Å².